The maximum absolute atomic E-state index is 12.1. The molecule has 30 heavy (non-hydrogen) atoms. The number of carbonyl (C=O) groups excluding carboxylic acids is 1. The van der Waals surface area contributed by atoms with Gasteiger partial charge in [0, 0.05) is 33.9 Å². The summed E-state index contributed by atoms with van der Waals surface area (Å²) in [6.07, 6.45) is 0. The first-order valence-corrected chi connectivity index (χ1v) is 9.88. The second-order valence-corrected chi connectivity index (χ2v) is 7.38. The number of methoxy groups -OCH3 is 1. The normalized spacial score (nSPS) is 10.9. The van der Waals surface area contributed by atoms with Gasteiger partial charge in [-0.2, -0.15) is 0 Å². The number of rotatable bonds is 6. The van der Waals surface area contributed by atoms with Crippen LogP contribution in [0.1, 0.15) is 21.6 Å². The molecule has 6 heteroatoms. The molecule has 4 rings (SSSR count). The van der Waals surface area contributed by atoms with E-state index in [0.29, 0.717) is 22.8 Å². The molecular formula is C24H21ClN2O3. The van der Waals surface area contributed by atoms with Gasteiger partial charge in [-0.3, -0.25) is 0 Å². The van der Waals surface area contributed by atoms with Crippen LogP contribution in [-0.4, -0.2) is 22.8 Å². The predicted octanol–water partition coefficient (Wildman–Crippen LogP) is 5.37. The van der Waals surface area contributed by atoms with Gasteiger partial charge in [0.1, 0.15) is 0 Å². The number of anilines is 2. The molecule has 3 aromatic carbocycles. The van der Waals surface area contributed by atoms with Crippen LogP contribution >= 0.6 is 11.6 Å². The highest BCUT2D eigenvalue weighted by Crippen LogP contribution is 2.29. The summed E-state index contributed by atoms with van der Waals surface area (Å²) < 4.78 is 6.97. The molecule has 2 N–H and O–H groups in total. The highest BCUT2D eigenvalue weighted by Gasteiger charge is 2.14. The number of aliphatic hydroxyl groups is 1. The third-order valence-corrected chi connectivity index (χ3v) is 5.23. The molecule has 152 valence electrons. The summed E-state index contributed by atoms with van der Waals surface area (Å²) in [6, 6.07) is 23.1. The molecule has 0 bridgehead atoms. The fraction of sp³-hybridized carbons (Fsp3) is 0.125. The Morgan fingerprint density at radius 1 is 1.07 bits per heavy atom. The van der Waals surface area contributed by atoms with Crippen molar-refractivity contribution in [3.8, 4) is 0 Å². The summed E-state index contributed by atoms with van der Waals surface area (Å²) in [4.78, 5) is 12.1. The van der Waals surface area contributed by atoms with Gasteiger partial charge < -0.3 is 19.7 Å². The van der Waals surface area contributed by atoms with E-state index in [-0.39, 0.29) is 6.61 Å². The lowest BCUT2D eigenvalue weighted by atomic mass is 10.1. The summed E-state index contributed by atoms with van der Waals surface area (Å²) in [5.41, 5.74) is 4.82. The van der Waals surface area contributed by atoms with Crippen molar-refractivity contribution >= 4 is 39.8 Å². The molecule has 1 heterocycles. The highest BCUT2D eigenvalue weighted by atomic mass is 35.5. The zero-order valence-electron chi connectivity index (χ0n) is 16.4. The maximum Gasteiger partial charge on any atom is 0.340 e. The van der Waals surface area contributed by atoms with E-state index >= 15 is 0 Å². The smallest absolute Gasteiger partial charge is 0.340 e. The van der Waals surface area contributed by atoms with E-state index in [2.05, 4.69) is 22.0 Å². The zero-order chi connectivity index (χ0) is 21.1. The van der Waals surface area contributed by atoms with Crippen LogP contribution in [0, 0.1) is 0 Å². The Balaban J connectivity index is 1.69. The maximum atomic E-state index is 12.1. The van der Waals surface area contributed by atoms with Crippen LogP contribution in [0.15, 0.2) is 72.8 Å². The number of carbonyl (C=O) groups is 1. The number of aromatic nitrogens is 1. The Kier molecular flexibility index (Phi) is 5.74. The number of hydrogen-bond acceptors (Lipinski definition) is 4. The van der Waals surface area contributed by atoms with Crippen molar-refractivity contribution in [2.24, 2.45) is 0 Å². The van der Waals surface area contributed by atoms with E-state index < -0.39 is 5.97 Å². The quantitative estimate of drug-likeness (QED) is 0.412. The number of esters is 1. The number of hydrogen-bond donors (Lipinski definition) is 2. The first-order valence-electron chi connectivity index (χ1n) is 9.51. The van der Waals surface area contributed by atoms with Crippen molar-refractivity contribution in [2.75, 3.05) is 12.4 Å². The molecule has 0 aliphatic carbocycles. The Labute approximate surface area is 179 Å². The second-order valence-electron chi connectivity index (χ2n) is 6.95. The van der Waals surface area contributed by atoms with Crippen molar-refractivity contribution in [3.63, 3.8) is 0 Å². The third kappa shape index (κ3) is 4.03. The van der Waals surface area contributed by atoms with Crippen LogP contribution in [0.5, 0.6) is 0 Å². The van der Waals surface area contributed by atoms with E-state index in [1.807, 2.05) is 42.5 Å². The summed E-state index contributed by atoms with van der Waals surface area (Å²) in [7, 11) is 1.34. The monoisotopic (exact) mass is 420 g/mol. The first kappa shape index (κ1) is 20.0. The van der Waals surface area contributed by atoms with Gasteiger partial charge in [0.25, 0.3) is 0 Å². The number of ether oxygens (including phenoxy) is 1. The summed E-state index contributed by atoms with van der Waals surface area (Å²) in [6.45, 7) is 0.630. The third-order valence-electron chi connectivity index (χ3n) is 5.00. The van der Waals surface area contributed by atoms with Crippen LogP contribution in [0.3, 0.4) is 0 Å². The molecule has 0 spiro atoms. The zero-order valence-corrected chi connectivity index (χ0v) is 17.2. The molecule has 0 saturated carbocycles. The summed E-state index contributed by atoms with van der Waals surface area (Å²) in [5, 5.41) is 14.6. The lowest BCUT2D eigenvalue weighted by Gasteiger charge is -2.12. The number of fused-ring (bicyclic) bond motifs is 1. The average Bonchev–Trinajstić information content (AvgIpc) is 3.11. The predicted molar refractivity (Wildman–Crippen MR) is 119 cm³/mol. The molecule has 0 radical (unpaired) electrons. The average molecular weight is 421 g/mol. The second kappa shape index (κ2) is 8.61. The first-order chi connectivity index (χ1) is 14.6. The topological polar surface area (TPSA) is 63.5 Å². The van der Waals surface area contributed by atoms with Gasteiger partial charge in [-0.15, -0.1) is 0 Å². The summed E-state index contributed by atoms with van der Waals surface area (Å²) in [5.74, 6) is -0.461. The van der Waals surface area contributed by atoms with Crippen LogP contribution in [0.2, 0.25) is 5.02 Å². The minimum Gasteiger partial charge on any atom is -0.465 e. The van der Waals surface area contributed by atoms with Gasteiger partial charge in [-0.1, -0.05) is 41.9 Å². The highest BCUT2D eigenvalue weighted by molar-refractivity contribution is 6.31. The lowest BCUT2D eigenvalue weighted by Crippen LogP contribution is -2.06. The lowest BCUT2D eigenvalue weighted by molar-refractivity contribution is 0.0602. The Morgan fingerprint density at radius 3 is 2.60 bits per heavy atom. The van der Waals surface area contributed by atoms with E-state index in [0.717, 1.165) is 27.8 Å². The van der Waals surface area contributed by atoms with E-state index in [1.165, 1.54) is 7.11 Å². The van der Waals surface area contributed by atoms with Crippen LogP contribution in [0.4, 0.5) is 11.4 Å². The van der Waals surface area contributed by atoms with Gasteiger partial charge in [-0.25, -0.2) is 4.79 Å². The van der Waals surface area contributed by atoms with Gasteiger partial charge >= 0.3 is 5.97 Å². The Morgan fingerprint density at radius 2 is 1.87 bits per heavy atom. The number of halogens is 1. The van der Waals surface area contributed by atoms with Crippen molar-refractivity contribution < 1.29 is 14.6 Å². The Hall–Kier alpha value is -3.28. The van der Waals surface area contributed by atoms with Gasteiger partial charge in [0.05, 0.1) is 25.0 Å². The number of aliphatic hydroxyl groups excluding tert-OH is 1. The largest absolute Gasteiger partial charge is 0.465 e. The molecule has 0 fully saturated rings. The van der Waals surface area contributed by atoms with Gasteiger partial charge in [0.15, 0.2) is 0 Å². The van der Waals surface area contributed by atoms with Crippen molar-refractivity contribution in [1.29, 1.82) is 0 Å². The van der Waals surface area contributed by atoms with Gasteiger partial charge in [-0.05, 0) is 48.0 Å². The Bertz CT molecular complexity index is 1200. The summed E-state index contributed by atoms with van der Waals surface area (Å²) >= 11 is 6.04. The van der Waals surface area contributed by atoms with E-state index in [9.17, 15) is 9.90 Å². The number of nitrogens with zero attached hydrogens (tertiary/aromatic N) is 1. The van der Waals surface area contributed by atoms with Crippen molar-refractivity contribution in [3.05, 3.63) is 94.6 Å². The molecule has 0 aliphatic heterocycles. The molecule has 0 saturated heterocycles. The van der Waals surface area contributed by atoms with E-state index in [4.69, 9.17) is 16.3 Å². The fourth-order valence-corrected chi connectivity index (χ4v) is 3.72. The van der Waals surface area contributed by atoms with Crippen LogP contribution in [0.25, 0.3) is 10.9 Å². The molecule has 5 nitrogen and oxygen atoms in total. The molecule has 0 amide bonds. The van der Waals surface area contributed by atoms with E-state index in [1.54, 1.807) is 18.2 Å². The van der Waals surface area contributed by atoms with Crippen LogP contribution < -0.4 is 5.32 Å². The van der Waals surface area contributed by atoms with Gasteiger partial charge in [0.2, 0.25) is 0 Å². The molecule has 0 aliphatic rings. The molecule has 0 atom stereocenters. The minimum absolute atomic E-state index is 0.0477. The number of nitrogens with one attached hydrogen (secondary N) is 1. The standard InChI is InChI=1S/C24H21ClN2O3/c1-30-24(29)21-13-18(25)7-9-22(21)26-19-8-10-23-17(11-19)12-20(15-28)27(23)14-16-5-3-2-4-6-16/h2-13,26,28H,14-15H2,1H3. The minimum atomic E-state index is -0.461. The molecule has 1 aromatic heterocycles. The van der Waals surface area contributed by atoms with Crippen LogP contribution in [-0.2, 0) is 17.9 Å². The number of benzene rings is 3. The van der Waals surface area contributed by atoms with Crippen molar-refractivity contribution in [2.45, 2.75) is 13.2 Å². The fourth-order valence-electron chi connectivity index (χ4n) is 3.55. The van der Waals surface area contributed by atoms with Crippen molar-refractivity contribution in [1.82, 2.24) is 4.57 Å². The SMILES string of the molecule is COC(=O)c1cc(Cl)ccc1Nc1ccc2c(c1)cc(CO)n2Cc1ccccc1. The molecule has 0 unspecified atom stereocenters. The molecule has 4 aromatic rings. The molecular weight excluding hydrogens is 400 g/mol.